The highest BCUT2D eigenvalue weighted by Crippen LogP contribution is 2.35. The predicted molar refractivity (Wildman–Crippen MR) is 80.8 cm³/mol. The van der Waals surface area contributed by atoms with Gasteiger partial charge in [0.1, 0.15) is 5.76 Å². The highest BCUT2D eigenvalue weighted by molar-refractivity contribution is 5.20. The van der Waals surface area contributed by atoms with Crippen molar-refractivity contribution < 1.29 is 13.8 Å². The van der Waals surface area contributed by atoms with E-state index in [1.165, 1.54) is 5.56 Å². The van der Waals surface area contributed by atoms with Gasteiger partial charge in [0, 0.05) is 31.1 Å². The molecule has 0 spiro atoms. The average Bonchev–Trinajstić information content (AvgIpc) is 3.22. The minimum Gasteiger partial charge on any atom is -0.373 e. The van der Waals surface area contributed by atoms with Crippen molar-refractivity contribution in [3.05, 3.63) is 28.7 Å². The lowest BCUT2D eigenvalue weighted by molar-refractivity contribution is 0.0342. The van der Waals surface area contributed by atoms with Gasteiger partial charge in [0.25, 0.3) is 0 Å². The molecular formula is C16H22N4O3. The van der Waals surface area contributed by atoms with Gasteiger partial charge in [0.05, 0.1) is 24.3 Å². The highest BCUT2D eigenvalue weighted by atomic mass is 16.5. The van der Waals surface area contributed by atoms with E-state index in [1.54, 1.807) is 0 Å². The summed E-state index contributed by atoms with van der Waals surface area (Å²) < 4.78 is 16.7. The van der Waals surface area contributed by atoms with E-state index in [-0.39, 0.29) is 6.10 Å². The predicted octanol–water partition coefficient (Wildman–Crippen LogP) is 1.81. The first kappa shape index (κ1) is 14.8. The highest BCUT2D eigenvalue weighted by Gasteiger charge is 2.42. The standard InChI is InChI=1S/C16H22N4O3/c1-9-14(10(2)22-18-9)7-20-6-12-4-13(21-15(12)8-20)5-16-17-11(3)19-23-16/h12-13,15H,4-8H2,1-3H3/t12-,13-,15+/m0/s1. The Bertz CT molecular complexity index is 662. The largest absolute Gasteiger partial charge is 0.373 e. The molecule has 0 aliphatic carbocycles. The van der Waals surface area contributed by atoms with Crippen molar-refractivity contribution in [3.8, 4) is 0 Å². The smallest absolute Gasteiger partial charge is 0.229 e. The Morgan fingerprint density at radius 2 is 2.00 bits per heavy atom. The molecule has 2 fully saturated rings. The van der Waals surface area contributed by atoms with E-state index in [0.29, 0.717) is 23.7 Å². The van der Waals surface area contributed by atoms with Crippen molar-refractivity contribution in [2.24, 2.45) is 5.92 Å². The van der Waals surface area contributed by atoms with Crippen LogP contribution in [0.2, 0.25) is 0 Å². The summed E-state index contributed by atoms with van der Waals surface area (Å²) in [6.45, 7) is 8.74. The van der Waals surface area contributed by atoms with Crippen LogP contribution in [0.1, 0.15) is 35.2 Å². The van der Waals surface area contributed by atoms with Crippen LogP contribution < -0.4 is 0 Å². The number of ether oxygens (including phenoxy) is 1. The van der Waals surface area contributed by atoms with Gasteiger partial charge in [-0.1, -0.05) is 10.3 Å². The van der Waals surface area contributed by atoms with Gasteiger partial charge in [-0.15, -0.1) is 0 Å². The Hall–Kier alpha value is -1.73. The third-order valence-electron chi connectivity index (χ3n) is 4.92. The van der Waals surface area contributed by atoms with E-state index in [4.69, 9.17) is 13.8 Å². The number of hydrogen-bond donors (Lipinski definition) is 0. The van der Waals surface area contributed by atoms with Crippen molar-refractivity contribution in [2.75, 3.05) is 13.1 Å². The molecule has 2 saturated heterocycles. The van der Waals surface area contributed by atoms with Gasteiger partial charge in [-0.05, 0) is 27.2 Å². The first-order valence-electron chi connectivity index (χ1n) is 8.17. The summed E-state index contributed by atoms with van der Waals surface area (Å²) in [5, 5.41) is 7.87. The van der Waals surface area contributed by atoms with Gasteiger partial charge in [0.15, 0.2) is 5.82 Å². The molecule has 3 atom stereocenters. The second kappa shape index (κ2) is 5.72. The molecule has 0 bridgehead atoms. The van der Waals surface area contributed by atoms with Gasteiger partial charge in [-0.2, -0.15) is 4.98 Å². The van der Waals surface area contributed by atoms with Gasteiger partial charge >= 0.3 is 0 Å². The number of nitrogens with zero attached hydrogens (tertiary/aromatic N) is 4. The molecule has 7 heteroatoms. The lowest BCUT2D eigenvalue weighted by atomic mass is 10.0. The van der Waals surface area contributed by atoms with E-state index in [0.717, 1.165) is 43.9 Å². The van der Waals surface area contributed by atoms with Gasteiger partial charge in [-0.3, -0.25) is 4.90 Å². The van der Waals surface area contributed by atoms with Crippen molar-refractivity contribution in [2.45, 2.75) is 52.4 Å². The zero-order valence-electron chi connectivity index (χ0n) is 13.8. The lowest BCUT2D eigenvalue weighted by Crippen LogP contribution is -2.25. The summed E-state index contributed by atoms with van der Waals surface area (Å²) in [5.74, 6) is 2.87. The molecule has 0 saturated carbocycles. The SMILES string of the molecule is Cc1noc(C[C@@H]2C[C@H]3CN(Cc4c(C)noc4C)C[C@H]3O2)n1. The van der Waals surface area contributed by atoms with Crippen LogP contribution in [0.5, 0.6) is 0 Å². The van der Waals surface area contributed by atoms with Crippen molar-refractivity contribution in [1.82, 2.24) is 20.2 Å². The quantitative estimate of drug-likeness (QED) is 0.850. The van der Waals surface area contributed by atoms with E-state index >= 15 is 0 Å². The fourth-order valence-corrected chi connectivity index (χ4v) is 3.78. The molecule has 0 aromatic carbocycles. The molecular weight excluding hydrogens is 296 g/mol. The maximum absolute atomic E-state index is 6.20. The van der Waals surface area contributed by atoms with E-state index < -0.39 is 0 Å². The second-order valence-electron chi connectivity index (χ2n) is 6.73. The topological polar surface area (TPSA) is 77.4 Å². The molecule has 2 aliphatic heterocycles. The average molecular weight is 318 g/mol. The first-order valence-corrected chi connectivity index (χ1v) is 8.17. The van der Waals surface area contributed by atoms with Crippen molar-refractivity contribution in [3.63, 3.8) is 0 Å². The zero-order chi connectivity index (χ0) is 16.0. The molecule has 2 aromatic heterocycles. The Morgan fingerprint density at radius 1 is 1.13 bits per heavy atom. The van der Waals surface area contributed by atoms with Crippen LogP contribution >= 0.6 is 0 Å². The zero-order valence-corrected chi connectivity index (χ0v) is 13.8. The number of fused-ring (bicyclic) bond motifs is 1. The van der Waals surface area contributed by atoms with E-state index in [2.05, 4.69) is 20.2 Å². The second-order valence-corrected chi connectivity index (χ2v) is 6.73. The third kappa shape index (κ3) is 2.90. The summed E-state index contributed by atoms with van der Waals surface area (Å²) in [4.78, 5) is 6.71. The molecule has 0 N–H and O–H groups in total. The number of aromatic nitrogens is 3. The molecule has 4 heterocycles. The summed E-state index contributed by atoms with van der Waals surface area (Å²) in [6.07, 6.45) is 2.29. The minimum atomic E-state index is 0.200. The van der Waals surface area contributed by atoms with Crippen LogP contribution in [0.3, 0.4) is 0 Å². The lowest BCUT2D eigenvalue weighted by Gasteiger charge is -2.18. The number of rotatable bonds is 4. The molecule has 4 rings (SSSR count). The molecule has 23 heavy (non-hydrogen) atoms. The van der Waals surface area contributed by atoms with Gasteiger partial charge < -0.3 is 13.8 Å². The maximum atomic E-state index is 6.20. The molecule has 2 aromatic rings. The monoisotopic (exact) mass is 318 g/mol. The maximum Gasteiger partial charge on any atom is 0.229 e. The summed E-state index contributed by atoms with van der Waals surface area (Å²) >= 11 is 0. The van der Waals surface area contributed by atoms with Crippen LogP contribution in [0.25, 0.3) is 0 Å². The van der Waals surface area contributed by atoms with Gasteiger partial charge in [0.2, 0.25) is 5.89 Å². The Morgan fingerprint density at radius 3 is 2.65 bits per heavy atom. The first-order chi connectivity index (χ1) is 11.1. The molecule has 7 nitrogen and oxygen atoms in total. The number of hydrogen-bond acceptors (Lipinski definition) is 7. The Balaban J connectivity index is 1.33. The fourth-order valence-electron chi connectivity index (χ4n) is 3.78. The Kier molecular flexibility index (Phi) is 3.69. The summed E-state index contributed by atoms with van der Waals surface area (Å²) in [6, 6.07) is 0. The molecule has 0 amide bonds. The Labute approximate surface area is 135 Å². The van der Waals surface area contributed by atoms with Crippen LogP contribution in [-0.4, -0.2) is 45.5 Å². The van der Waals surface area contributed by atoms with Crippen LogP contribution in [0.15, 0.2) is 9.05 Å². The van der Waals surface area contributed by atoms with Crippen molar-refractivity contribution in [1.29, 1.82) is 0 Å². The van der Waals surface area contributed by atoms with Crippen LogP contribution in [0, 0.1) is 26.7 Å². The van der Waals surface area contributed by atoms with Crippen LogP contribution in [-0.2, 0) is 17.7 Å². The van der Waals surface area contributed by atoms with Gasteiger partial charge in [-0.25, -0.2) is 0 Å². The van der Waals surface area contributed by atoms with Crippen LogP contribution in [0.4, 0.5) is 0 Å². The van der Waals surface area contributed by atoms with E-state index in [9.17, 15) is 0 Å². The summed E-state index contributed by atoms with van der Waals surface area (Å²) in [5.41, 5.74) is 2.20. The molecule has 124 valence electrons. The molecule has 0 unspecified atom stereocenters. The third-order valence-corrected chi connectivity index (χ3v) is 4.92. The normalized spacial score (nSPS) is 27.7. The number of aryl methyl sites for hydroxylation is 3. The van der Waals surface area contributed by atoms with Crippen molar-refractivity contribution >= 4 is 0 Å². The fraction of sp³-hybridized carbons (Fsp3) is 0.688. The molecule has 0 radical (unpaired) electrons. The summed E-state index contributed by atoms with van der Waals surface area (Å²) in [7, 11) is 0. The minimum absolute atomic E-state index is 0.200. The number of likely N-dealkylation sites (tertiary alicyclic amines) is 1. The van der Waals surface area contributed by atoms with E-state index in [1.807, 2.05) is 20.8 Å². The molecule has 2 aliphatic rings.